The van der Waals surface area contributed by atoms with Crippen LogP contribution < -0.4 is 10.6 Å². The second kappa shape index (κ2) is 8.47. The van der Waals surface area contributed by atoms with Gasteiger partial charge in [-0.1, -0.05) is 6.92 Å². The van der Waals surface area contributed by atoms with Gasteiger partial charge in [0.25, 0.3) is 0 Å². The number of nitrogens with one attached hydrogen (secondary N) is 2. The molecule has 2 unspecified atom stereocenters. The molecule has 7 heteroatoms. The van der Waals surface area contributed by atoms with Crippen molar-refractivity contribution >= 4 is 38.5 Å². The van der Waals surface area contributed by atoms with Crippen molar-refractivity contribution < 1.29 is 4.21 Å². The molecular formula is C12H21BrN4OS. The summed E-state index contributed by atoms with van der Waals surface area (Å²) in [5.41, 5.74) is 0. The Balaban J connectivity index is 2.62. The Hall–Kier alpha value is -0.690. The van der Waals surface area contributed by atoms with E-state index in [0.29, 0.717) is 11.7 Å². The van der Waals surface area contributed by atoms with Gasteiger partial charge in [-0.2, -0.15) is 4.98 Å². The summed E-state index contributed by atoms with van der Waals surface area (Å²) in [6.07, 6.45) is 5.33. The summed E-state index contributed by atoms with van der Waals surface area (Å²) in [6.45, 7) is 5.00. The molecule has 1 rings (SSSR count). The molecule has 0 saturated heterocycles. The molecule has 108 valence electrons. The Morgan fingerprint density at radius 3 is 2.89 bits per heavy atom. The molecule has 0 fully saturated rings. The maximum Gasteiger partial charge on any atom is 0.224 e. The first-order chi connectivity index (χ1) is 9.02. The molecule has 0 aliphatic heterocycles. The van der Waals surface area contributed by atoms with Crippen LogP contribution in [0.3, 0.4) is 0 Å². The number of nitrogens with zero attached hydrogens (tertiary/aromatic N) is 2. The maximum absolute atomic E-state index is 11.1. The molecule has 0 spiro atoms. The van der Waals surface area contributed by atoms with Crippen LogP contribution in [0.15, 0.2) is 10.7 Å². The number of hydrogen-bond acceptors (Lipinski definition) is 5. The molecule has 0 radical (unpaired) electrons. The molecule has 0 amide bonds. The van der Waals surface area contributed by atoms with E-state index in [1.54, 1.807) is 12.5 Å². The number of aromatic nitrogens is 2. The van der Waals surface area contributed by atoms with Gasteiger partial charge in [0.05, 0.1) is 4.47 Å². The first-order valence-corrected chi connectivity index (χ1v) is 8.88. The first-order valence-electron chi connectivity index (χ1n) is 6.36. The lowest BCUT2D eigenvalue weighted by Gasteiger charge is -2.15. The summed E-state index contributed by atoms with van der Waals surface area (Å²) < 4.78 is 11.9. The molecule has 0 aromatic carbocycles. The fourth-order valence-electron chi connectivity index (χ4n) is 1.44. The van der Waals surface area contributed by atoms with Crippen molar-refractivity contribution in [2.24, 2.45) is 0 Å². The minimum atomic E-state index is -0.755. The molecule has 0 bridgehead atoms. The van der Waals surface area contributed by atoms with Gasteiger partial charge in [0.1, 0.15) is 5.82 Å². The Bertz CT molecular complexity index is 430. The lowest BCUT2D eigenvalue weighted by atomic mass is 10.2. The van der Waals surface area contributed by atoms with Crippen LogP contribution in [0.5, 0.6) is 0 Å². The highest BCUT2D eigenvalue weighted by Gasteiger charge is 2.09. The van der Waals surface area contributed by atoms with Gasteiger partial charge < -0.3 is 10.6 Å². The van der Waals surface area contributed by atoms with Crippen LogP contribution in [0.25, 0.3) is 0 Å². The first kappa shape index (κ1) is 16.4. The minimum Gasteiger partial charge on any atom is -0.366 e. The lowest BCUT2D eigenvalue weighted by Crippen LogP contribution is -2.19. The SMILES string of the molecule is CCCNc1ncc(Br)c(NC(C)CCS(C)=O)n1. The molecule has 0 aliphatic rings. The van der Waals surface area contributed by atoms with E-state index in [-0.39, 0.29) is 6.04 Å². The van der Waals surface area contributed by atoms with E-state index in [1.165, 1.54) is 0 Å². The molecule has 1 heterocycles. The molecule has 1 aromatic heterocycles. The van der Waals surface area contributed by atoms with Crippen molar-refractivity contribution in [1.29, 1.82) is 0 Å². The lowest BCUT2D eigenvalue weighted by molar-refractivity contribution is 0.678. The van der Waals surface area contributed by atoms with Crippen LogP contribution >= 0.6 is 15.9 Å². The fraction of sp³-hybridized carbons (Fsp3) is 0.667. The largest absolute Gasteiger partial charge is 0.366 e. The maximum atomic E-state index is 11.1. The smallest absolute Gasteiger partial charge is 0.224 e. The predicted octanol–water partition coefficient (Wildman–Crippen LogP) is 2.63. The van der Waals surface area contributed by atoms with Crippen molar-refractivity contribution in [2.75, 3.05) is 29.2 Å². The van der Waals surface area contributed by atoms with Gasteiger partial charge in [0.2, 0.25) is 5.95 Å². The molecular weight excluding hydrogens is 328 g/mol. The van der Waals surface area contributed by atoms with Crippen molar-refractivity contribution in [1.82, 2.24) is 9.97 Å². The molecule has 19 heavy (non-hydrogen) atoms. The number of hydrogen-bond donors (Lipinski definition) is 2. The molecule has 2 atom stereocenters. The summed E-state index contributed by atoms with van der Waals surface area (Å²) in [5, 5.41) is 6.46. The van der Waals surface area contributed by atoms with Crippen LogP contribution in [0.1, 0.15) is 26.7 Å². The highest BCUT2D eigenvalue weighted by molar-refractivity contribution is 9.10. The van der Waals surface area contributed by atoms with Gasteiger partial charge in [-0.05, 0) is 35.7 Å². The van der Waals surface area contributed by atoms with Gasteiger partial charge in [0.15, 0.2) is 0 Å². The van der Waals surface area contributed by atoms with Crippen molar-refractivity contribution in [2.45, 2.75) is 32.7 Å². The minimum absolute atomic E-state index is 0.217. The van der Waals surface area contributed by atoms with Crippen molar-refractivity contribution in [3.8, 4) is 0 Å². The van der Waals surface area contributed by atoms with Crippen molar-refractivity contribution in [3.63, 3.8) is 0 Å². The number of anilines is 2. The third kappa shape index (κ3) is 6.33. The Morgan fingerprint density at radius 1 is 1.53 bits per heavy atom. The number of rotatable bonds is 8. The van der Waals surface area contributed by atoms with E-state index in [0.717, 1.165) is 29.7 Å². The Morgan fingerprint density at radius 2 is 2.26 bits per heavy atom. The summed E-state index contributed by atoms with van der Waals surface area (Å²) in [4.78, 5) is 8.62. The highest BCUT2D eigenvalue weighted by Crippen LogP contribution is 2.21. The topological polar surface area (TPSA) is 66.9 Å². The zero-order chi connectivity index (χ0) is 14.3. The standard InChI is InChI=1S/C12H21BrN4OS/c1-4-6-14-12-15-8-10(13)11(17-12)16-9(2)5-7-19(3)18/h8-9H,4-7H2,1-3H3,(H2,14,15,16,17). The second-order valence-electron chi connectivity index (χ2n) is 4.43. The van der Waals surface area contributed by atoms with Gasteiger partial charge in [-0.15, -0.1) is 0 Å². The molecule has 2 N–H and O–H groups in total. The third-order valence-electron chi connectivity index (χ3n) is 2.50. The summed E-state index contributed by atoms with van der Waals surface area (Å²) in [5.74, 6) is 2.08. The van der Waals surface area contributed by atoms with Gasteiger partial charge in [-0.3, -0.25) is 4.21 Å². The van der Waals surface area contributed by atoms with Crippen molar-refractivity contribution in [3.05, 3.63) is 10.7 Å². The number of halogens is 1. The molecule has 0 saturated carbocycles. The van der Waals surface area contributed by atoms with E-state index >= 15 is 0 Å². The zero-order valence-electron chi connectivity index (χ0n) is 11.6. The zero-order valence-corrected chi connectivity index (χ0v) is 14.0. The van der Waals surface area contributed by atoms with Crippen LogP contribution in [0, 0.1) is 0 Å². The van der Waals surface area contributed by atoms with E-state index in [9.17, 15) is 4.21 Å². The normalized spacial score (nSPS) is 13.9. The fourth-order valence-corrected chi connectivity index (χ4v) is 2.43. The second-order valence-corrected chi connectivity index (χ2v) is 6.84. The molecule has 0 aliphatic carbocycles. The summed E-state index contributed by atoms with van der Waals surface area (Å²) in [6, 6.07) is 0.217. The summed E-state index contributed by atoms with van der Waals surface area (Å²) in [7, 11) is -0.755. The predicted molar refractivity (Wildman–Crippen MR) is 85.1 cm³/mol. The van der Waals surface area contributed by atoms with Gasteiger partial charge in [-0.25, -0.2) is 4.98 Å². The van der Waals surface area contributed by atoms with Crippen LogP contribution in [-0.2, 0) is 10.8 Å². The third-order valence-corrected chi connectivity index (χ3v) is 3.89. The van der Waals surface area contributed by atoms with E-state index in [1.807, 2.05) is 0 Å². The van der Waals surface area contributed by atoms with Crippen LogP contribution in [-0.4, -0.2) is 38.8 Å². The van der Waals surface area contributed by atoms with E-state index in [4.69, 9.17) is 0 Å². The average Bonchev–Trinajstić information content (AvgIpc) is 2.37. The van der Waals surface area contributed by atoms with Crippen LogP contribution in [0.2, 0.25) is 0 Å². The quantitative estimate of drug-likeness (QED) is 0.755. The van der Waals surface area contributed by atoms with Gasteiger partial charge in [0, 0.05) is 41.6 Å². The average molecular weight is 349 g/mol. The van der Waals surface area contributed by atoms with Gasteiger partial charge >= 0.3 is 0 Å². The Labute approximate surface area is 125 Å². The molecule has 1 aromatic rings. The van der Waals surface area contributed by atoms with E-state index in [2.05, 4.69) is 50.4 Å². The Kier molecular flexibility index (Phi) is 7.30. The monoisotopic (exact) mass is 348 g/mol. The highest BCUT2D eigenvalue weighted by atomic mass is 79.9. The molecule has 5 nitrogen and oxygen atoms in total. The van der Waals surface area contributed by atoms with Crippen LogP contribution in [0.4, 0.5) is 11.8 Å². The van der Waals surface area contributed by atoms with E-state index < -0.39 is 10.8 Å². The summed E-state index contributed by atoms with van der Waals surface area (Å²) >= 11 is 3.43.